The van der Waals surface area contributed by atoms with E-state index in [1.54, 1.807) is 0 Å². The summed E-state index contributed by atoms with van der Waals surface area (Å²) < 4.78 is 0. The van der Waals surface area contributed by atoms with Crippen LogP contribution in [-0.2, 0) is 0 Å². The summed E-state index contributed by atoms with van der Waals surface area (Å²) in [6.07, 6.45) is 0. The van der Waals surface area contributed by atoms with Crippen LogP contribution in [0.4, 0.5) is 0 Å². The molecule has 2 aliphatic rings. The first-order valence-electron chi connectivity index (χ1n) is 9.40. The van der Waals surface area contributed by atoms with Gasteiger partial charge in [0, 0.05) is 10.1 Å². The van der Waals surface area contributed by atoms with Crippen LogP contribution in [0, 0.1) is 0 Å². The number of nitrogens with two attached hydrogens (primary N) is 4. The molecule has 2 rings (SSSR count). The van der Waals surface area contributed by atoms with Gasteiger partial charge in [-0.1, -0.05) is 36.1 Å². The van der Waals surface area contributed by atoms with Crippen molar-refractivity contribution in [1.29, 1.82) is 0 Å². The van der Waals surface area contributed by atoms with Gasteiger partial charge in [-0.25, -0.2) is 0 Å². The van der Waals surface area contributed by atoms with Crippen molar-refractivity contribution in [3.8, 4) is 0 Å². The Labute approximate surface area is 161 Å². The third-order valence-corrected chi connectivity index (χ3v) is 22.0. The van der Waals surface area contributed by atoms with Gasteiger partial charge in [-0.15, -0.1) is 0 Å². The Bertz CT molecular complexity index is 694. The molecule has 0 radical (unpaired) electrons. The Morgan fingerprint density at radius 2 is 0.615 bits per heavy atom. The first kappa shape index (κ1) is 21.5. The Hall–Kier alpha value is -0.766. The normalized spacial score (nSPS) is 23.8. The van der Waals surface area contributed by atoms with Gasteiger partial charge < -0.3 is 21.6 Å². The molecule has 0 fully saturated rings. The van der Waals surface area contributed by atoms with Crippen LogP contribution in [0.25, 0.3) is 0 Å². The van der Waals surface area contributed by atoms with Crippen LogP contribution < -0.4 is 21.6 Å². The highest BCUT2D eigenvalue weighted by Crippen LogP contribution is 2.62. The van der Waals surface area contributed by atoms with Gasteiger partial charge in [0.05, 0.1) is 0 Å². The number of rotatable bonds is 3. The Kier molecular flexibility index (Phi) is 4.86. The molecule has 0 heterocycles. The zero-order valence-electron chi connectivity index (χ0n) is 18.3. The van der Waals surface area contributed by atoms with Crippen LogP contribution in [0.3, 0.4) is 0 Å². The van der Waals surface area contributed by atoms with E-state index in [4.69, 9.17) is 21.6 Å². The summed E-state index contributed by atoms with van der Waals surface area (Å²) in [7, 11) is -6.20. The van der Waals surface area contributed by atoms with Crippen LogP contribution in [0.1, 0.15) is 69.2 Å². The average Bonchev–Trinajstić information content (AvgIpc) is 2.83. The molecule has 0 atom stereocenters. The molecule has 0 saturated heterocycles. The molecule has 0 unspecified atom stereocenters. The molecule has 0 aromatic carbocycles. The molecule has 146 valence electrons. The van der Waals surface area contributed by atoms with E-state index >= 15 is 0 Å². The lowest BCUT2D eigenvalue weighted by atomic mass is 9.98. The topological polar surface area (TPSA) is 104 Å². The first-order chi connectivity index (χ1) is 11.5. The van der Waals surface area contributed by atoms with Gasteiger partial charge in [-0.3, -0.25) is 0 Å². The quantitative estimate of drug-likeness (QED) is 0.552. The van der Waals surface area contributed by atoms with Gasteiger partial charge in [0.2, 0.25) is 15.8 Å². The summed E-state index contributed by atoms with van der Waals surface area (Å²) in [6, 6.07) is 0. The van der Waals surface area contributed by atoms with Crippen LogP contribution in [0.2, 0.25) is 10.1 Å². The van der Waals surface area contributed by atoms with Crippen molar-refractivity contribution < 1.29 is 0 Å². The summed E-state index contributed by atoms with van der Waals surface area (Å²) in [4.78, 5) is 0. The van der Waals surface area contributed by atoms with Crippen molar-refractivity contribution in [3.63, 3.8) is 0 Å². The Balaban J connectivity index is 2.78. The van der Waals surface area contributed by atoms with Crippen LogP contribution in [0.15, 0.2) is 44.6 Å². The predicted molar refractivity (Wildman–Crippen MR) is 118 cm³/mol. The van der Waals surface area contributed by atoms with Gasteiger partial charge in [0.25, 0.3) is 0 Å². The van der Waals surface area contributed by atoms with Crippen LogP contribution in [-0.4, -0.2) is 15.8 Å². The molecular weight excluding hydrogens is 352 g/mol. The molecule has 0 saturated carbocycles. The zero-order valence-corrected chi connectivity index (χ0v) is 20.3. The molecular formula is C20H38N4Si2. The third kappa shape index (κ3) is 2.08. The maximum absolute atomic E-state index is 7.13. The van der Waals surface area contributed by atoms with Crippen molar-refractivity contribution >= 4 is 15.8 Å². The average molecular weight is 391 g/mol. The van der Waals surface area contributed by atoms with E-state index < -0.39 is 25.9 Å². The minimum absolute atomic E-state index is 0.412. The molecule has 0 bridgehead atoms. The molecule has 0 spiro atoms. The van der Waals surface area contributed by atoms with Crippen molar-refractivity contribution in [3.05, 3.63) is 44.6 Å². The summed E-state index contributed by atoms with van der Waals surface area (Å²) in [5, 5.41) is 27.7. The molecule has 8 N–H and O–H groups in total. The van der Waals surface area contributed by atoms with Crippen molar-refractivity contribution in [1.82, 2.24) is 0 Å². The fourth-order valence-corrected chi connectivity index (χ4v) is 17.4. The maximum Gasteiger partial charge on any atom is 0.233 e. The maximum atomic E-state index is 7.13. The third-order valence-electron chi connectivity index (χ3n) is 8.71. The Morgan fingerprint density at radius 3 is 0.769 bits per heavy atom. The van der Waals surface area contributed by atoms with E-state index in [1.165, 1.54) is 44.6 Å². The highest BCUT2D eigenvalue weighted by atomic mass is 29.3. The van der Waals surface area contributed by atoms with Crippen molar-refractivity contribution in [2.24, 2.45) is 21.6 Å². The second kappa shape index (κ2) is 5.86. The smallest absolute Gasteiger partial charge is 0.233 e. The lowest BCUT2D eigenvalue weighted by Gasteiger charge is -2.55. The van der Waals surface area contributed by atoms with E-state index in [0.29, 0.717) is 0 Å². The largest absolute Gasteiger partial charge is 0.338 e. The number of hydrogen-bond acceptors (Lipinski definition) is 4. The van der Waals surface area contributed by atoms with Crippen molar-refractivity contribution in [2.75, 3.05) is 0 Å². The molecule has 26 heavy (non-hydrogen) atoms. The fourth-order valence-electron chi connectivity index (χ4n) is 5.26. The fraction of sp³-hybridized carbons (Fsp3) is 0.600. The summed E-state index contributed by atoms with van der Waals surface area (Å²) in [5.41, 5.74) is 10.1. The van der Waals surface area contributed by atoms with Gasteiger partial charge in [-0.05, 0) is 77.7 Å². The number of allylic oxidation sites excluding steroid dienone is 8. The standard InChI is InChI=1S/C20H38N4Si2/c1-11-12(2)16(6)19(9,15(11)5)25(21,22)26(23,24)20(10)17(7)13(3)14(4)18(20)8/h21-24H2,1-10H3. The summed E-state index contributed by atoms with van der Waals surface area (Å²) in [6.45, 7) is 21.6. The molecule has 0 aliphatic heterocycles. The van der Waals surface area contributed by atoms with E-state index in [1.807, 2.05) is 0 Å². The van der Waals surface area contributed by atoms with Crippen LogP contribution >= 0.6 is 0 Å². The van der Waals surface area contributed by atoms with Crippen molar-refractivity contribution in [2.45, 2.75) is 79.3 Å². The van der Waals surface area contributed by atoms with E-state index in [-0.39, 0.29) is 0 Å². The first-order valence-corrected chi connectivity index (χ1v) is 14.7. The Morgan fingerprint density at radius 1 is 0.462 bits per heavy atom. The molecule has 6 heteroatoms. The molecule has 0 aromatic rings. The lowest BCUT2D eigenvalue weighted by molar-refractivity contribution is 0.759. The summed E-state index contributed by atoms with van der Waals surface area (Å²) in [5.74, 6) is 0. The molecule has 0 amide bonds. The molecule has 2 aliphatic carbocycles. The van der Waals surface area contributed by atoms with E-state index in [0.717, 1.165) is 0 Å². The summed E-state index contributed by atoms with van der Waals surface area (Å²) >= 11 is 0. The van der Waals surface area contributed by atoms with Gasteiger partial charge in [-0.2, -0.15) is 0 Å². The highest BCUT2D eigenvalue weighted by Gasteiger charge is 2.69. The highest BCUT2D eigenvalue weighted by molar-refractivity contribution is 7.40. The van der Waals surface area contributed by atoms with Crippen LogP contribution in [0.5, 0.6) is 0 Å². The number of hydrogen-bond donors (Lipinski definition) is 4. The van der Waals surface area contributed by atoms with E-state index in [9.17, 15) is 0 Å². The second-order valence-corrected chi connectivity index (χ2v) is 19.4. The monoisotopic (exact) mass is 390 g/mol. The van der Waals surface area contributed by atoms with Gasteiger partial charge in [0.1, 0.15) is 0 Å². The van der Waals surface area contributed by atoms with Gasteiger partial charge >= 0.3 is 0 Å². The minimum Gasteiger partial charge on any atom is -0.338 e. The van der Waals surface area contributed by atoms with E-state index in [2.05, 4.69) is 69.2 Å². The lowest BCUT2D eigenvalue weighted by Crippen LogP contribution is -2.92. The zero-order chi connectivity index (χ0) is 20.6. The predicted octanol–water partition coefficient (Wildman–Crippen LogP) is 3.68. The SMILES string of the molecule is CC1=C(C)C(C)([Si](N)(N)[Si](N)(N)C2(C)C(C)=C(C)C(C)=C2C)C(C)=C1C. The van der Waals surface area contributed by atoms with Gasteiger partial charge in [0.15, 0.2) is 0 Å². The molecule has 4 nitrogen and oxygen atoms in total. The minimum atomic E-state index is -3.10. The second-order valence-electron chi connectivity index (χ2n) is 8.99. The molecule has 0 aromatic heterocycles.